The largest absolute Gasteiger partial charge is 0.0882 e. The fourth-order valence-electron chi connectivity index (χ4n) is 1.65. The lowest BCUT2D eigenvalue weighted by molar-refractivity contribution is 0.358. The van der Waals surface area contributed by atoms with Crippen molar-refractivity contribution in [1.29, 1.82) is 0 Å². The van der Waals surface area contributed by atoms with Crippen molar-refractivity contribution >= 4 is 0 Å². The molecule has 0 bridgehead atoms. The Hall–Kier alpha value is -0.260. The van der Waals surface area contributed by atoms with E-state index in [1.165, 1.54) is 32.1 Å². The molecule has 1 rings (SSSR count). The third-order valence-electron chi connectivity index (χ3n) is 2.54. The highest BCUT2D eigenvalue weighted by atomic mass is 14.2. The summed E-state index contributed by atoms with van der Waals surface area (Å²) in [6.45, 7) is 4.45. The summed E-state index contributed by atoms with van der Waals surface area (Å²) >= 11 is 0. The van der Waals surface area contributed by atoms with Gasteiger partial charge in [0.05, 0.1) is 0 Å². The maximum Gasteiger partial charge on any atom is -0.0203 e. The molecule has 0 heterocycles. The second-order valence-corrected chi connectivity index (χ2v) is 3.24. The highest BCUT2D eigenvalue weighted by molar-refractivity contribution is 5.08. The first-order valence-corrected chi connectivity index (χ1v) is 4.53. The van der Waals surface area contributed by atoms with Crippen molar-refractivity contribution in [3.05, 3.63) is 11.6 Å². The molecule has 1 aliphatic carbocycles. The third-order valence-corrected chi connectivity index (χ3v) is 2.54. The van der Waals surface area contributed by atoms with Crippen LogP contribution in [0.4, 0.5) is 0 Å². The molecule has 0 aromatic rings. The van der Waals surface area contributed by atoms with Gasteiger partial charge in [0.2, 0.25) is 0 Å². The highest BCUT2D eigenvalue weighted by Crippen LogP contribution is 2.34. The minimum absolute atomic E-state index is 0.977. The van der Waals surface area contributed by atoms with Crippen LogP contribution in [-0.2, 0) is 0 Å². The summed E-state index contributed by atoms with van der Waals surface area (Å²) in [7, 11) is 0. The van der Waals surface area contributed by atoms with Gasteiger partial charge in [-0.3, -0.25) is 0 Å². The van der Waals surface area contributed by atoms with Crippen molar-refractivity contribution in [2.24, 2.45) is 5.92 Å². The molecule has 0 aliphatic heterocycles. The zero-order chi connectivity index (χ0) is 7.40. The summed E-state index contributed by atoms with van der Waals surface area (Å²) in [6.07, 6.45) is 9.36. The van der Waals surface area contributed by atoms with Crippen molar-refractivity contribution in [3.63, 3.8) is 0 Å². The second kappa shape index (κ2) is 3.80. The molecule has 0 heteroatoms. The third kappa shape index (κ3) is 1.62. The zero-order valence-corrected chi connectivity index (χ0v) is 7.19. The SMILES string of the molecule is C/C=C(/CCC)C1CCC1. The van der Waals surface area contributed by atoms with E-state index in [9.17, 15) is 0 Å². The smallest absolute Gasteiger partial charge is 0.0203 e. The normalized spacial score (nSPS) is 20.8. The van der Waals surface area contributed by atoms with E-state index in [4.69, 9.17) is 0 Å². The molecule has 1 saturated carbocycles. The van der Waals surface area contributed by atoms with E-state index in [2.05, 4.69) is 19.9 Å². The van der Waals surface area contributed by atoms with E-state index in [-0.39, 0.29) is 0 Å². The predicted octanol–water partition coefficient (Wildman–Crippen LogP) is 3.53. The average Bonchev–Trinajstić information content (AvgIpc) is 1.83. The molecule has 0 spiro atoms. The van der Waals surface area contributed by atoms with Crippen LogP contribution in [0.3, 0.4) is 0 Å². The first kappa shape index (κ1) is 7.84. The molecular weight excluding hydrogens is 120 g/mol. The Morgan fingerprint density at radius 3 is 2.50 bits per heavy atom. The Labute approximate surface area is 64.3 Å². The molecule has 1 fully saturated rings. The molecule has 0 unspecified atom stereocenters. The van der Waals surface area contributed by atoms with E-state index >= 15 is 0 Å². The lowest BCUT2D eigenvalue weighted by Gasteiger charge is -2.28. The molecule has 10 heavy (non-hydrogen) atoms. The van der Waals surface area contributed by atoms with E-state index in [0.717, 1.165) is 5.92 Å². The molecule has 1 aliphatic rings. The fourth-order valence-corrected chi connectivity index (χ4v) is 1.65. The Morgan fingerprint density at radius 2 is 2.20 bits per heavy atom. The van der Waals surface area contributed by atoms with E-state index in [1.807, 2.05) is 0 Å². The lowest BCUT2D eigenvalue weighted by Crippen LogP contribution is -2.13. The first-order chi connectivity index (χ1) is 4.88. The molecule has 0 aromatic carbocycles. The van der Waals surface area contributed by atoms with Gasteiger partial charge in [-0.2, -0.15) is 0 Å². The Bertz CT molecular complexity index is 118. The maximum atomic E-state index is 2.33. The minimum atomic E-state index is 0.977. The van der Waals surface area contributed by atoms with Gasteiger partial charge in [-0.25, -0.2) is 0 Å². The van der Waals surface area contributed by atoms with E-state index < -0.39 is 0 Å². The van der Waals surface area contributed by atoms with Gasteiger partial charge in [0, 0.05) is 0 Å². The standard InChI is InChI=1S/C10H18/c1-3-6-9(4-2)10-7-5-8-10/h4,10H,3,5-8H2,1-2H3/b9-4-. The van der Waals surface area contributed by atoms with Gasteiger partial charge in [-0.1, -0.05) is 31.4 Å². The van der Waals surface area contributed by atoms with Crippen LogP contribution < -0.4 is 0 Å². The monoisotopic (exact) mass is 138 g/mol. The zero-order valence-electron chi connectivity index (χ0n) is 7.19. The van der Waals surface area contributed by atoms with Crippen molar-refractivity contribution in [2.45, 2.75) is 46.0 Å². The quantitative estimate of drug-likeness (QED) is 0.523. The van der Waals surface area contributed by atoms with Crippen molar-refractivity contribution in [2.75, 3.05) is 0 Å². The van der Waals surface area contributed by atoms with Crippen molar-refractivity contribution in [3.8, 4) is 0 Å². The summed E-state index contributed by atoms with van der Waals surface area (Å²) in [5, 5.41) is 0. The van der Waals surface area contributed by atoms with E-state index in [1.54, 1.807) is 5.57 Å². The van der Waals surface area contributed by atoms with Crippen molar-refractivity contribution < 1.29 is 0 Å². The summed E-state index contributed by atoms with van der Waals surface area (Å²) in [6, 6.07) is 0. The van der Waals surface area contributed by atoms with Crippen LogP contribution in [0.5, 0.6) is 0 Å². The Balaban J connectivity index is 2.32. The van der Waals surface area contributed by atoms with Gasteiger partial charge in [-0.15, -0.1) is 0 Å². The molecule has 0 aromatic heterocycles. The summed E-state index contributed by atoms with van der Waals surface area (Å²) in [4.78, 5) is 0. The van der Waals surface area contributed by atoms with Gasteiger partial charge in [0.25, 0.3) is 0 Å². The summed E-state index contributed by atoms with van der Waals surface area (Å²) < 4.78 is 0. The molecule has 0 nitrogen and oxygen atoms in total. The number of rotatable bonds is 3. The first-order valence-electron chi connectivity index (χ1n) is 4.53. The molecule has 0 atom stereocenters. The molecule has 58 valence electrons. The van der Waals surface area contributed by atoms with Crippen LogP contribution in [-0.4, -0.2) is 0 Å². The summed E-state index contributed by atoms with van der Waals surface area (Å²) in [5.41, 5.74) is 1.72. The Kier molecular flexibility index (Phi) is 2.98. The molecule has 0 amide bonds. The molecular formula is C10H18. The summed E-state index contributed by atoms with van der Waals surface area (Å²) in [5.74, 6) is 0.977. The van der Waals surface area contributed by atoms with Crippen LogP contribution in [0.2, 0.25) is 0 Å². The van der Waals surface area contributed by atoms with Crippen LogP contribution in [0.1, 0.15) is 46.0 Å². The number of allylic oxidation sites excluding steroid dienone is 2. The maximum absolute atomic E-state index is 2.33. The number of hydrogen-bond acceptors (Lipinski definition) is 0. The van der Waals surface area contributed by atoms with Crippen molar-refractivity contribution in [1.82, 2.24) is 0 Å². The fraction of sp³-hybridized carbons (Fsp3) is 0.800. The highest BCUT2D eigenvalue weighted by Gasteiger charge is 2.19. The molecule has 0 radical (unpaired) electrons. The predicted molar refractivity (Wildman–Crippen MR) is 46.0 cm³/mol. The second-order valence-electron chi connectivity index (χ2n) is 3.24. The van der Waals surface area contributed by atoms with Crippen LogP contribution in [0.15, 0.2) is 11.6 Å². The van der Waals surface area contributed by atoms with Gasteiger partial charge in [0.1, 0.15) is 0 Å². The topological polar surface area (TPSA) is 0 Å². The van der Waals surface area contributed by atoms with Crippen LogP contribution >= 0.6 is 0 Å². The van der Waals surface area contributed by atoms with Gasteiger partial charge >= 0.3 is 0 Å². The van der Waals surface area contributed by atoms with E-state index in [0.29, 0.717) is 0 Å². The van der Waals surface area contributed by atoms with Gasteiger partial charge in [-0.05, 0) is 32.1 Å². The lowest BCUT2D eigenvalue weighted by atomic mass is 9.78. The minimum Gasteiger partial charge on any atom is -0.0882 e. The molecule has 0 N–H and O–H groups in total. The van der Waals surface area contributed by atoms with Crippen LogP contribution in [0, 0.1) is 5.92 Å². The van der Waals surface area contributed by atoms with Crippen LogP contribution in [0.25, 0.3) is 0 Å². The van der Waals surface area contributed by atoms with Gasteiger partial charge < -0.3 is 0 Å². The number of hydrogen-bond donors (Lipinski definition) is 0. The van der Waals surface area contributed by atoms with Gasteiger partial charge in [0.15, 0.2) is 0 Å². The molecule has 0 saturated heterocycles. The average molecular weight is 138 g/mol. The Morgan fingerprint density at radius 1 is 1.50 bits per heavy atom.